The smallest absolute Gasteiger partial charge is 0.186 e. The van der Waals surface area contributed by atoms with Crippen LogP contribution in [0.1, 0.15) is 16.7 Å². The molecule has 0 aromatic heterocycles. The summed E-state index contributed by atoms with van der Waals surface area (Å²) in [4.78, 5) is 0. The maximum atomic E-state index is 6.55. The lowest BCUT2D eigenvalue weighted by molar-refractivity contribution is -0.322. The van der Waals surface area contributed by atoms with Crippen molar-refractivity contribution in [1.82, 2.24) is 0 Å². The first-order valence-electron chi connectivity index (χ1n) is 12.6. The largest absolute Gasteiger partial charge is 0.375 e. The predicted molar refractivity (Wildman–Crippen MR) is 142 cm³/mol. The molecule has 196 valence electrons. The van der Waals surface area contributed by atoms with Crippen LogP contribution in [-0.4, -0.2) is 51.0 Å². The Morgan fingerprint density at radius 3 is 1.59 bits per heavy atom. The van der Waals surface area contributed by atoms with Crippen molar-refractivity contribution in [3.8, 4) is 0 Å². The SMILES string of the molecule is C=CCOC[C@H]1O[C@H](OC)[C@H](OCc2ccccc2)[C@@H](OCc2ccccc2)[C@@H]1OCc1ccccc1. The molecule has 6 heteroatoms. The lowest BCUT2D eigenvalue weighted by Gasteiger charge is -2.45. The number of ether oxygens (including phenoxy) is 6. The second-order valence-corrected chi connectivity index (χ2v) is 8.89. The van der Waals surface area contributed by atoms with E-state index >= 15 is 0 Å². The first-order valence-corrected chi connectivity index (χ1v) is 12.6. The molecule has 3 aromatic rings. The zero-order chi connectivity index (χ0) is 25.7. The first kappa shape index (κ1) is 27.2. The Kier molecular flexibility index (Phi) is 10.9. The third-order valence-electron chi connectivity index (χ3n) is 6.20. The van der Waals surface area contributed by atoms with E-state index in [2.05, 4.69) is 6.58 Å². The van der Waals surface area contributed by atoms with Crippen LogP contribution in [0.4, 0.5) is 0 Å². The zero-order valence-electron chi connectivity index (χ0n) is 21.3. The van der Waals surface area contributed by atoms with Gasteiger partial charge in [0.05, 0.1) is 33.0 Å². The molecule has 0 spiro atoms. The van der Waals surface area contributed by atoms with Crippen LogP contribution < -0.4 is 0 Å². The molecule has 3 aromatic carbocycles. The molecule has 6 nitrogen and oxygen atoms in total. The lowest BCUT2D eigenvalue weighted by atomic mass is 9.98. The highest BCUT2D eigenvalue weighted by Crippen LogP contribution is 2.31. The Hall–Kier alpha value is -2.84. The normalized spacial score (nSPS) is 23.5. The van der Waals surface area contributed by atoms with Crippen molar-refractivity contribution in [3.63, 3.8) is 0 Å². The van der Waals surface area contributed by atoms with Crippen molar-refractivity contribution in [2.75, 3.05) is 20.3 Å². The molecule has 1 heterocycles. The topological polar surface area (TPSA) is 55.4 Å². The van der Waals surface area contributed by atoms with Crippen LogP contribution in [-0.2, 0) is 48.2 Å². The summed E-state index contributed by atoms with van der Waals surface area (Å²) in [5.74, 6) is 0. The van der Waals surface area contributed by atoms with Gasteiger partial charge in [0.2, 0.25) is 0 Å². The molecule has 4 rings (SSSR count). The fourth-order valence-corrected chi connectivity index (χ4v) is 4.34. The van der Waals surface area contributed by atoms with Crippen LogP contribution in [0.2, 0.25) is 0 Å². The molecule has 0 saturated carbocycles. The number of benzene rings is 3. The monoisotopic (exact) mass is 504 g/mol. The molecule has 0 N–H and O–H groups in total. The Morgan fingerprint density at radius 2 is 1.14 bits per heavy atom. The predicted octanol–water partition coefficient (Wildman–Crippen LogP) is 5.32. The molecule has 0 bridgehead atoms. The van der Waals surface area contributed by atoms with Crippen LogP contribution in [0.5, 0.6) is 0 Å². The van der Waals surface area contributed by atoms with Gasteiger partial charge in [-0.2, -0.15) is 0 Å². The van der Waals surface area contributed by atoms with Gasteiger partial charge in [-0.25, -0.2) is 0 Å². The van der Waals surface area contributed by atoms with Crippen LogP contribution in [0.3, 0.4) is 0 Å². The van der Waals surface area contributed by atoms with Crippen LogP contribution in [0.15, 0.2) is 104 Å². The van der Waals surface area contributed by atoms with Crippen LogP contribution in [0, 0.1) is 0 Å². The maximum Gasteiger partial charge on any atom is 0.186 e. The minimum absolute atomic E-state index is 0.307. The lowest BCUT2D eigenvalue weighted by Crippen LogP contribution is -2.61. The van der Waals surface area contributed by atoms with E-state index in [9.17, 15) is 0 Å². The molecule has 0 aliphatic carbocycles. The molecule has 0 amide bonds. The van der Waals surface area contributed by atoms with Crippen molar-refractivity contribution in [2.45, 2.75) is 50.5 Å². The maximum absolute atomic E-state index is 6.55. The molecule has 37 heavy (non-hydrogen) atoms. The van der Waals surface area contributed by atoms with Gasteiger partial charge in [0.15, 0.2) is 6.29 Å². The second kappa shape index (κ2) is 14.8. The van der Waals surface area contributed by atoms with Crippen molar-refractivity contribution in [1.29, 1.82) is 0 Å². The van der Waals surface area contributed by atoms with Gasteiger partial charge < -0.3 is 28.4 Å². The van der Waals surface area contributed by atoms with Crippen molar-refractivity contribution >= 4 is 0 Å². The van der Waals surface area contributed by atoms with E-state index < -0.39 is 30.7 Å². The average molecular weight is 505 g/mol. The van der Waals surface area contributed by atoms with Gasteiger partial charge in [-0.05, 0) is 16.7 Å². The average Bonchev–Trinajstić information content (AvgIpc) is 2.96. The van der Waals surface area contributed by atoms with Crippen molar-refractivity contribution in [3.05, 3.63) is 120 Å². The van der Waals surface area contributed by atoms with Crippen LogP contribution >= 0.6 is 0 Å². The Balaban J connectivity index is 1.59. The summed E-state index contributed by atoms with van der Waals surface area (Å²) in [7, 11) is 1.62. The molecule has 1 aliphatic rings. The van der Waals surface area contributed by atoms with Gasteiger partial charge in [-0.15, -0.1) is 6.58 Å². The highest BCUT2D eigenvalue weighted by Gasteiger charge is 2.48. The number of methoxy groups -OCH3 is 1. The van der Waals surface area contributed by atoms with Crippen LogP contribution in [0.25, 0.3) is 0 Å². The molecule has 1 fully saturated rings. The fraction of sp³-hybridized carbons (Fsp3) is 0.355. The van der Waals surface area contributed by atoms with E-state index in [0.29, 0.717) is 33.0 Å². The Morgan fingerprint density at radius 1 is 0.676 bits per heavy atom. The quantitative estimate of drug-likeness (QED) is 0.219. The van der Waals surface area contributed by atoms with E-state index in [0.717, 1.165) is 16.7 Å². The van der Waals surface area contributed by atoms with E-state index in [4.69, 9.17) is 28.4 Å². The standard InChI is InChI=1S/C31H36O6/c1-3-19-33-23-27-28(34-20-24-13-7-4-8-14-24)29(35-21-25-15-9-5-10-16-25)30(31(32-2)37-27)36-22-26-17-11-6-12-18-26/h3-18,27-31H,1,19-23H2,2H3/t27-,28-,29+,30-,31+/m1/s1. The minimum atomic E-state index is -0.654. The zero-order valence-corrected chi connectivity index (χ0v) is 21.3. The van der Waals surface area contributed by atoms with Gasteiger partial charge in [-0.1, -0.05) is 97.1 Å². The molecule has 1 aliphatic heterocycles. The van der Waals surface area contributed by atoms with Crippen molar-refractivity contribution < 1.29 is 28.4 Å². The fourth-order valence-electron chi connectivity index (χ4n) is 4.34. The minimum Gasteiger partial charge on any atom is -0.375 e. The Labute approximate surface area is 219 Å². The van der Waals surface area contributed by atoms with E-state index in [-0.39, 0.29) is 0 Å². The highest BCUT2D eigenvalue weighted by molar-refractivity contribution is 5.15. The molecular weight excluding hydrogens is 468 g/mol. The number of hydrogen-bond acceptors (Lipinski definition) is 6. The van der Waals surface area contributed by atoms with E-state index in [1.54, 1.807) is 13.2 Å². The molecule has 1 saturated heterocycles. The van der Waals surface area contributed by atoms with Crippen molar-refractivity contribution in [2.24, 2.45) is 0 Å². The van der Waals surface area contributed by atoms with Gasteiger partial charge >= 0.3 is 0 Å². The van der Waals surface area contributed by atoms with Gasteiger partial charge in [0.25, 0.3) is 0 Å². The summed E-state index contributed by atoms with van der Waals surface area (Å²) in [5.41, 5.74) is 3.18. The van der Waals surface area contributed by atoms with Gasteiger partial charge in [0.1, 0.15) is 24.4 Å². The Bertz CT molecular complexity index is 1030. The summed E-state index contributed by atoms with van der Waals surface area (Å²) in [6.07, 6.45) is -0.815. The summed E-state index contributed by atoms with van der Waals surface area (Å²) in [6, 6.07) is 30.1. The second-order valence-electron chi connectivity index (χ2n) is 8.89. The summed E-state index contributed by atoms with van der Waals surface area (Å²) in [5, 5.41) is 0. The number of hydrogen-bond donors (Lipinski definition) is 0. The summed E-state index contributed by atoms with van der Waals surface area (Å²) in [6.45, 7) is 5.66. The third-order valence-corrected chi connectivity index (χ3v) is 6.20. The summed E-state index contributed by atoms with van der Waals surface area (Å²) >= 11 is 0. The molecule has 0 radical (unpaired) electrons. The molecule has 5 atom stereocenters. The third kappa shape index (κ3) is 8.07. The molecule has 0 unspecified atom stereocenters. The summed E-state index contributed by atoms with van der Waals surface area (Å²) < 4.78 is 37.4. The van der Waals surface area contributed by atoms with E-state index in [1.165, 1.54) is 0 Å². The van der Waals surface area contributed by atoms with Gasteiger partial charge in [-0.3, -0.25) is 0 Å². The van der Waals surface area contributed by atoms with E-state index in [1.807, 2.05) is 91.0 Å². The molecular formula is C31H36O6. The van der Waals surface area contributed by atoms with Gasteiger partial charge in [0, 0.05) is 7.11 Å². The first-order chi connectivity index (χ1) is 18.3. The number of rotatable bonds is 14. The highest BCUT2D eigenvalue weighted by atomic mass is 16.7.